The van der Waals surface area contributed by atoms with E-state index in [1.807, 2.05) is 12.1 Å². The highest BCUT2D eigenvalue weighted by atomic mass is 35.5. The third-order valence-electron chi connectivity index (χ3n) is 7.86. The van der Waals surface area contributed by atoms with Gasteiger partial charge in [0.25, 0.3) is 5.91 Å². The van der Waals surface area contributed by atoms with E-state index in [2.05, 4.69) is 46.3 Å². The molecule has 37 heavy (non-hydrogen) atoms. The van der Waals surface area contributed by atoms with Gasteiger partial charge in [-0.25, -0.2) is 0 Å². The Morgan fingerprint density at radius 2 is 1.57 bits per heavy atom. The highest BCUT2D eigenvalue weighted by molar-refractivity contribution is 5.96. The van der Waals surface area contributed by atoms with Crippen LogP contribution in [0.1, 0.15) is 45.2 Å². The van der Waals surface area contributed by atoms with Gasteiger partial charge in [-0.2, -0.15) is 0 Å². The molecule has 1 aromatic heterocycles. The fourth-order valence-electron chi connectivity index (χ4n) is 6.07. The van der Waals surface area contributed by atoms with E-state index in [4.69, 9.17) is 0 Å². The number of aromatic hydroxyl groups is 1. The highest BCUT2D eigenvalue weighted by Crippen LogP contribution is 2.38. The van der Waals surface area contributed by atoms with Gasteiger partial charge >= 0.3 is 0 Å². The SMILES string of the molecule is Cl.O=C1c2c(O)c(=O)ccn2N(C2c3ccccc3CCc3ccccc32)CN1[C@@H]1CCN(CCO)C1. The number of aliphatic hydroxyl groups is 1. The fraction of sp³-hybridized carbons (Fsp3) is 0.357. The molecule has 0 bridgehead atoms. The largest absolute Gasteiger partial charge is 0.502 e. The number of aryl methyl sites for hydroxylation is 2. The van der Waals surface area contributed by atoms with E-state index in [9.17, 15) is 19.8 Å². The van der Waals surface area contributed by atoms with Crippen LogP contribution in [0, 0.1) is 0 Å². The van der Waals surface area contributed by atoms with Crippen molar-refractivity contribution in [1.29, 1.82) is 0 Å². The van der Waals surface area contributed by atoms with Crippen molar-refractivity contribution in [2.24, 2.45) is 0 Å². The van der Waals surface area contributed by atoms with Crippen LogP contribution < -0.4 is 10.4 Å². The van der Waals surface area contributed by atoms with Gasteiger partial charge < -0.3 is 15.1 Å². The van der Waals surface area contributed by atoms with Crippen molar-refractivity contribution in [1.82, 2.24) is 14.5 Å². The van der Waals surface area contributed by atoms with E-state index in [1.165, 1.54) is 17.2 Å². The molecule has 3 aliphatic rings. The number of rotatable bonds is 4. The topological polar surface area (TPSA) is 89.2 Å². The summed E-state index contributed by atoms with van der Waals surface area (Å²) in [5.74, 6) is -0.856. The van der Waals surface area contributed by atoms with Crippen LogP contribution in [-0.2, 0) is 12.8 Å². The Balaban J connectivity index is 0.00000280. The maximum Gasteiger partial charge on any atom is 0.278 e. The summed E-state index contributed by atoms with van der Waals surface area (Å²) in [5, 5.41) is 22.3. The van der Waals surface area contributed by atoms with Gasteiger partial charge in [-0.15, -0.1) is 12.4 Å². The summed E-state index contributed by atoms with van der Waals surface area (Å²) in [4.78, 5) is 30.1. The van der Waals surface area contributed by atoms with Crippen molar-refractivity contribution < 1.29 is 15.0 Å². The summed E-state index contributed by atoms with van der Waals surface area (Å²) >= 11 is 0. The number of benzene rings is 2. The number of β-amino-alcohol motifs (C(OH)–C–C–N with tert-alkyl or cyclic N) is 1. The van der Waals surface area contributed by atoms with Crippen LogP contribution in [0.3, 0.4) is 0 Å². The number of likely N-dealkylation sites (tertiary alicyclic amines) is 1. The molecule has 1 atom stereocenters. The number of halogens is 1. The molecule has 1 amide bonds. The quantitative estimate of drug-likeness (QED) is 0.546. The molecule has 1 aliphatic carbocycles. The van der Waals surface area contributed by atoms with E-state index in [-0.39, 0.29) is 42.7 Å². The summed E-state index contributed by atoms with van der Waals surface area (Å²) < 4.78 is 1.68. The van der Waals surface area contributed by atoms with Gasteiger partial charge in [-0.3, -0.25) is 24.2 Å². The first-order chi connectivity index (χ1) is 17.6. The zero-order valence-corrected chi connectivity index (χ0v) is 21.3. The van der Waals surface area contributed by atoms with Crippen LogP contribution in [0.25, 0.3) is 0 Å². The maximum atomic E-state index is 13.7. The van der Waals surface area contributed by atoms with Crippen molar-refractivity contribution in [3.63, 3.8) is 0 Å². The number of nitrogens with zero attached hydrogens (tertiary/aromatic N) is 4. The normalized spacial score (nSPS) is 19.6. The number of carbonyl (C=O) groups excluding carboxylic acids is 1. The Labute approximate surface area is 221 Å². The molecule has 9 heteroatoms. The fourth-order valence-corrected chi connectivity index (χ4v) is 6.07. The number of aromatic nitrogens is 1. The Bertz CT molecular complexity index is 1330. The molecular formula is C28H31ClN4O4. The number of carbonyl (C=O) groups is 1. The first kappa shape index (κ1) is 25.3. The number of amides is 1. The van der Waals surface area contributed by atoms with Gasteiger partial charge in [-0.05, 0) is 41.5 Å². The van der Waals surface area contributed by atoms with Gasteiger partial charge in [0.15, 0.2) is 11.4 Å². The minimum absolute atomic E-state index is 0. The molecule has 8 nitrogen and oxygen atoms in total. The molecular weight excluding hydrogens is 492 g/mol. The molecule has 6 rings (SSSR count). The minimum atomic E-state index is -0.564. The summed E-state index contributed by atoms with van der Waals surface area (Å²) in [7, 11) is 0. The van der Waals surface area contributed by atoms with Gasteiger partial charge in [-0.1, -0.05) is 48.5 Å². The summed E-state index contributed by atoms with van der Waals surface area (Å²) in [6, 6.07) is 17.8. The number of pyridine rings is 1. The Hall–Kier alpha value is -3.33. The molecule has 3 heterocycles. The Morgan fingerprint density at radius 1 is 0.919 bits per heavy atom. The second-order valence-electron chi connectivity index (χ2n) is 9.84. The molecule has 2 aliphatic heterocycles. The van der Waals surface area contributed by atoms with Crippen LogP contribution in [0.4, 0.5) is 0 Å². The lowest BCUT2D eigenvalue weighted by Crippen LogP contribution is -2.58. The van der Waals surface area contributed by atoms with Crippen LogP contribution in [-0.4, -0.2) is 69.5 Å². The van der Waals surface area contributed by atoms with E-state index < -0.39 is 11.2 Å². The lowest BCUT2D eigenvalue weighted by molar-refractivity contribution is 0.0592. The van der Waals surface area contributed by atoms with Gasteiger partial charge in [0.1, 0.15) is 6.67 Å². The first-order valence-corrected chi connectivity index (χ1v) is 12.6. The monoisotopic (exact) mass is 522 g/mol. The average molecular weight is 523 g/mol. The van der Waals surface area contributed by atoms with Crippen LogP contribution in [0.5, 0.6) is 5.75 Å². The van der Waals surface area contributed by atoms with Crippen molar-refractivity contribution in [2.45, 2.75) is 31.3 Å². The minimum Gasteiger partial charge on any atom is -0.502 e. The predicted molar refractivity (Wildman–Crippen MR) is 143 cm³/mol. The van der Waals surface area contributed by atoms with Crippen molar-refractivity contribution in [3.8, 4) is 5.75 Å². The third kappa shape index (κ3) is 4.29. The van der Waals surface area contributed by atoms with Crippen molar-refractivity contribution in [3.05, 3.63) is 99.0 Å². The molecule has 2 N–H and O–H groups in total. The van der Waals surface area contributed by atoms with E-state index in [0.717, 1.165) is 36.9 Å². The lowest BCUT2D eigenvalue weighted by Gasteiger charge is -2.46. The standard InChI is InChI=1S/C28H30N4O4.ClH/c33-16-15-29-13-11-21(17-29)30-18-32(31-14-12-24(34)27(35)26(31)28(30)36)25-22-7-3-1-5-19(22)9-10-20-6-2-4-8-23(20)25;/h1-8,12,14,21,25,33,35H,9-11,13,15-18H2;1H/t21-;/m1./s1. The summed E-state index contributed by atoms with van der Waals surface area (Å²) in [6.45, 7) is 2.39. The summed E-state index contributed by atoms with van der Waals surface area (Å²) in [6.07, 6.45) is 4.22. The Kier molecular flexibility index (Phi) is 6.98. The van der Waals surface area contributed by atoms with Crippen LogP contribution >= 0.6 is 12.4 Å². The molecule has 3 aromatic rings. The highest BCUT2D eigenvalue weighted by Gasteiger charge is 2.42. The maximum absolute atomic E-state index is 13.7. The van der Waals surface area contributed by atoms with Gasteiger partial charge in [0.05, 0.1) is 12.6 Å². The molecule has 0 spiro atoms. The zero-order valence-electron chi connectivity index (χ0n) is 20.5. The molecule has 0 saturated carbocycles. The number of hydrogen-bond acceptors (Lipinski definition) is 6. The van der Waals surface area contributed by atoms with Gasteiger partial charge in [0, 0.05) is 37.9 Å². The van der Waals surface area contributed by atoms with Crippen LogP contribution in [0.15, 0.2) is 65.6 Å². The van der Waals surface area contributed by atoms with E-state index in [1.54, 1.807) is 15.8 Å². The number of fused-ring (bicyclic) bond motifs is 3. The van der Waals surface area contributed by atoms with Crippen LogP contribution in [0.2, 0.25) is 0 Å². The molecule has 2 aromatic carbocycles. The third-order valence-corrected chi connectivity index (χ3v) is 7.86. The van der Waals surface area contributed by atoms with Crippen molar-refractivity contribution in [2.75, 3.05) is 37.9 Å². The van der Waals surface area contributed by atoms with E-state index >= 15 is 0 Å². The molecule has 0 unspecified atom stereocenters. The smallest absolute Gasteiger partial charge is 0.278 e. The lowest BCUT2D eigenvalue weighted by atomic mass is 9.94. The second-order valence-corrected chi connectivity index (χ2v) is 9.84. The predicted octanol–water partition coefficient (Wildman–Crippen LogP) is 2.28. The average Bonchev–Trinajstić information content (AvgIpc) is 3.28. The molecule has 194 valence electrons. The molecule has 0 radical (unpaired) electrons. The summed E-state index contributed by atoms with van der Waals surface area (Å²) in [5.41, 5.74) is 4.27. The Morgan fingerprint density at radius 3 is 2.22 bits per heavy atom. The number of aliphatic hydroxyl groups excluding tert-OH is 1. The molecule has 1 fully saturated rings. The second kappa shape index (κ2) is 10.2. The molecule has 1 saturated heterocycles. The first-order valence-electron chi connectivity index (χ1n) is 12.6. The van der Waals surface area contributed by atoms with Crippen molar-refractivity contribution >= 4 is 18.3 Å². The number of hydrogen-bond donors (Lipinski definition) is 2. The van der Waals surface area contributed by atoms with E-state index in [0.29, 0.717) is 19.8 Å². The van der Waals surface area contributed by atoms with Gasteiger partial charge in [0.2, 0.25) is 5.43 Å². The zero-order chi connectivity index (χ0) is 24.8.